The second kappa shape index (κ2) is 7.88. The lowest BCUT2D eigenvalue weighted by atomic mass is 10.2. The van der Waals surface area contributed by atoms with Crippen molar-refractivity contribution >= 4 is 29.1 Å². The van der Waals surface area contributed by atoms with Crippen LogP contribution in [0.25, 0.3) is 0 Å². The van der Waals surface area contributed by atoms with Crippen molar-refractivity contribution in [3.8, 4) is 5.75 Å². The fourth-order valence-electron chi connectivity index (χ4n) is 1.74. The first-order valence-corrected chi connectivity index (χ1v) is 6.83. The van der Waals surface area contributed by atoms with E-state index in [-0.39, 0.29) is 28.6 Å². The first kappa shape index (κ1) is 17.2. The lowest BCUT2D eigenvalue weighted by Crippen LogP contribution is -2.11. The van der Waals surface area contributed by atoms with Gasteiger partial charge in [-0.2, -0.15) is 0 Å². The van der Waals surface area contributed by atoms with E-state index in [4.69, 9.17) is 21.1 Å². The summed E-state index contributed by atoms with van der Waals surface area (Å²) in [6.07, 6.45) is -1.03. The molecule has 24 heavy (non-hydrogen) atoms. The number of carbonyl (C=O) groups is 1. The van der Waals surface area contributed by atoms with E-state index in [1.807, 2.05) is 0 Å². The SMILES string of the molecule is O=NNc1ccc(OC(=O)OCc2ccc(Cl)cc2[N+](=O)[O-])cc1. The Balaban J connectivity index is 1.96. The summed E-state index contributed by atoms with van der Waals surface area (Å²) in [5.74, 6) is 0.169. The Morgan fingerprint density at radius 1 is 1.25 bits per heavy atom. The van der Waals surface area contributed by atoms with Crippen molar-refractivity contribution in [1.82, 2.24) is 0 Å². The number of carbonyl (C=O) groups excluding carboxylic acids is 1. The molecule has 0 atom stereocenters. The van der Waals surface area contributed by atoms with Crippen LogP contribution in [-0.4, -0.2) is 11.1 Å². The molecule has 2 aromatic rings. The van der Waals surface area contributed by atoms with Crippen LogP contribution in [0.2, 0.25) is 5.02 Å². The van der Waals surface area contributed by atoms with Gasteiger partial charge < -0.3 is 9.47 Å². The van der Waals surface area contributed by atoms with Crippen LogP contribution in [0.1, 0.15) is 5.56 Å². The largest absolute Gasteiger partial charge is 0.514 e. The number of nitroso groups, excluding NO2 is 1. The zero-order valence-electron chi connectivity index (χ0n) is 12.0. The van der Waals surface area contributed by atoms with Gasteiger partial charge in [0.15, 0.2) is 0 Å². The monoisotopic (exact) mass is 351 g/mol. The number of halogens is 1. The molecule has 9 nitrogen and oxygen atoms in total. The van der Waals surface area contributed by atoms with Crippen LogP contribution in [-0.2, 0) is 11.3 Å². The van der Waals surface area contributed by atoms with E-state index in [1.54, 1.807) is 0 Å². The number of nitrogens with zero attached hydrogens (tertiary/aromatic N) is 2. The van der Waals surface area contributed by atoms with Crippen LogP contribution in [0, 0.1) is 15.0 Å². The number of hydrogen-bond donors (Lipinski definition) is 1. The molecule has 0 heterocycles. The number of benzene rings is 2. The molecule has 0 amide bonds. The van der Waals surface area contributed by atoms with Gasteiger partial charge >= 0.3 is 6.16 Å². The quantitative estimate of drug-likeness (QED) is 0.274. The molecule has 0 saturated carbocycles. The minimum Gasteiger partial charge on any atom is -0.429 e. The van der Waals surface area contributed by atoms with Crippen molar-refractivity contribution in [3.63, 3.8) is 0 Å². The van der Waals surface area contributed by atoms with Crippen LogP contribution in [0.15, 0.2) is 47.8 Å². The Hall–Kier alpha value is -3.20. The number of nitro benzene ring substituents is 1. The number of hydrogen-bond acceptors (Lipinski definition) is 7. The molecule has 0 unspecified atom stereocenters. The molecule has 0 aromatic heterocycles. The normalized spacial score (nSPS) is 9.88. The Labute approximate surface area is 140 Å². The Morgan fingerprint density at radius 3 is 2.58 bits per heavy atom. The van der Waals surface area contributed by atoms with Crippen LogP contribution in [0.5, 0.6) is 5.75 Å². The molecule has 0 fully saturated rings. The highest BCUT2D eigenvalue weighted by Gasteiger charge is 2.16. The van der Waals surface area contributed by atoms with E-state index in [0.717, 1.165) is 0 Å². The molecule has 0 aliphatic carbocycles. The minimum atomic E-state index is -1.03. The molecule has 0 spiro atoms. The van der Waals surface area contributed by atoms with Gasteiger partial charge in [0.1, 0.15) is 12.4 Å². The molecule has 0 aliphatic heterocycles. The summed E-state index contributed by atoms with van der Waals surface area (Å²) in [7, 11) is 0. The Morgan fingerprint density at radius 2 is 1.96 bits per heavy atom. The maximum Gasteiger partial charge on any atom is 0.514 e. The predicted molar refractivity (Wildman–Crippen MR) is 84.8 cm³/mol. The zero-order chi connectivity index (χ0) is 17.5. The highest BCUT2D eigenvalue weighted by molar-refractivity contribution is 6.30. The van der Waals surface area contributed by atoms with Gasteiger partial charge in [0.05, 0.1) is 21.5 Å². The summed E-state index contributed by atoms with van der Waals surface area (Å²) in [6.45, 7) is -0.346. The zero-order valence-corrected chi connectivity index (χ0v) is 12.7. The first-order valence-electron chi connectivity index (χ1n) is 6.45. The molecule has 2 aromatic carbocycles. The third kappa shape index (κ3) is 4.65. The van der Waals surface area contributed by atoms with Gasteiger partial charge in [-0.15, -0.1) is 4.91 Å². The minimum absolute atomic E-state index is 0.169. The molecule has 2 rings (SSSR count). The van der Waals surface area contributed by atoms with E-state index in [9.17, 15) is 19.8 Å². The first-order chi connectivity index (χ1) is 11.5. The van der Waals surface area contributed by atoms with Crippen LogP contribution in [0.4, 0.5) is 16.2 Å². The van der Waals surface area contributed by atoms with Crippen molar-refractivity contribution in [2.24, 2.45) is 5.29 Å². The molecular formula is C14H10ClN3O6. The van der Waals surface area contributed by atoms with Gasteiger partial charge in [-0.3, -0.25) is 10.1 Å². The van der Waals surface area contributed by atoms with Gasteiger partial charge in [-0.25, -0.2) is 10.2 Å². The summed E-state index contributed by atoms with van der Waals surface area (Å²) in [5, 5.41) is 13.6. The van der Waals surface area contributed by atoms with E-state index >= 15 is 0 Å². The smallest absolute Gasteiger partial charge is 0.429 e. The highest BCUT2D eigenvalue weighted by Crippen LogP contribution is 2.24. The lowest BCUT2D eigenvalue weighted by molar-refractivity contribution is -0.385. The molecular weight excluding hydrogens is 342 g/mol. The molecule has 0 radical (unpaired) electrons. The molecule has 0 saturated heterocycles. The number of rotatable bonds is 6. The summed E-state index contributed by atoms with van der Waals surface area (Å²) in [4.78, 5) is 32.0. The fraction of sp³-hybridized carbons (Fsp3) is 0.0714. The molecule has 10 heteroatoms. The predicted octanol–water partition coefficient (Wildman–Crippen LogP) is 4.06. The lowest BCUT2D eigenvalue weighted by Gasteiger charge is -2.07. The van der Waals surface area contributed by atoms with E-state index < -0.39 is 11.1 Å². The molecule has 0 aliphatic rings. The van der Waals surface area contributed by atoms with Gasteiger partial charge in [0, 0.05) is 11.1 Å². The van der Waals surface area contributed by atoms with Gasteiger partial charge in [-0.05, 0) is 36.4 Å². The average Bonchev–Trinajstić information content (AvgIpc) is 2.55. The van der Waals surface area contributed by atoms with Gasteiger partial charge in [-0.1, -0.05) is 11.6 Å². The highest BCUT2D eigenvalue weighted by atomic mass is 35.5. The average molecular weight is 352 g/mol. The van der Waals surface area contributed by atoms with Crippen LogP contribution >= 0.6 is 11.6 Å². The van der Waals surface area contributed by atoms with Crippen LogP contribution < -0.4 is 10.2 Å². The van der Waals surface area contributed by atoms with Crippen molar-refractivity contribution in [3.05, 3.63) is 68.1 Å². The summed E-state index contributed by atoms with van der Waals surface area (Å²) in [6, 6.07) is 9.77. The van der Waals surface area contributed by atoms with E-state index in [0.29, 0.717) is 5.69 Å². The summed E-state index contributed by atoms with van der Waals surface area (Å²) >= 11 is 5.70. The van der Waals surface area contributed by atoms with Crippen molar-refractivity contribution in [2.75, 3.05) is 5.43 Å². The van der Waals surface area contributed by atoms with E-state index in [1.165, 1.54) is 42.5 Å². The third-order valence-corrected chi connectivity index (χ3v) is 3.05. The summed E-state index contributed by atoms with van der Waals surface area (Å²) in [5.41, 5.74) is 2.52. The topological polar surface area (TPSA) is 120 Å². The van der Waals surface area contributed by atoms with Gasteiger partial charge in [0.25, 0.3) is 5.69 Å². The second-order valence-corrected chi connectivity index (χ2v) is 4.83. The maximum atomic E-state index is 11.6. The van der Waals surface area contributed by atoms with Crippen molar-refractivity contribution < 1.29 is 19.2 Å². The van der Waals surface area contributed by atoms with Crippen molar-refractivity contribution in [1.29, 1.82) is 0 Å². The summed E-state index contributed by atoms with van der Waals surface area (Å²) < 4.78 is 9.75. The van der Waals surface area contributed by atoms with Crippen molar-refractivity contribution in [2.45, 2.75) is 6.61 Å². The Bertz CT molecular complexity index is 766. The maximum absolute atomic E-state index is 11.6. The van der Waals surface area contributed by atoms with Crippen LogP contribution in [0.3, 0.4) is 0 Å². The number of anilines is 1. The van der Waals surface area contributed by atoms with E-state index in [2.05, 4.69) is 10.7 Å². The number of nitrogens with one attached hydrogen (secondary N) is 1. The fourth-order valence-corrected chi connectivity index (χ4v) is 1.91. The second-order valence-electron chi connectivity index (χ2n) is 4.40. The number of ether oxygens (including phenoxy) is 2. The Kier molecular flexibility index (Phi) is 5.63. The molecule has 124 valence electrons. The third-order valence-electron chi connectivity index (χ3n) is 2.82. The number of nitro groups is 1. The molecule has 0 bridgehead atoms. The standard InChI is InChI=1S/C14H10ClN3O6/c15-10-2-1-9(13(7-10)18(21)22)8-23-14(19)24-12-5-3-11(4-6-12)16-17-20/h1-7H,8H2,(H,16,20). The molecule has 1 N–H and O–H groups in total. The van der Waals surface area contributed by atoms with Gasteiger partial charge in [0.2, 0.25) is 0 Å².